The van der Waals surface area contributed by atoms with Crippen molar-refractivity contribution in [2.24, 2.45) is 0 Å². The quantitative estimate of drug-likeness (QED) is 0.0864. The Morgan fingerprint density at radius 2 is 0.500 bits per heavy atom. The Hall–Kier alpha value is -2.09. The molecule has 5 rings (SSSR count). The van der Waals surface area contributed by atoms with Crippen LogP contribution in [-0.2, 0) is 25.7 Å². The maximum absolute atomic E-state index is 4.00. The number of aryl methyl sites for hydroxylation is 4. The molecule has 0 amide bonds. The second kappa shape index (κ2) is 20.2. The Balaban J connectivity index is 2.42. The van der Waals surface area contributed by atoms with E-state index < -0.39 is 32.3 Å². The van der Waals surface area contributed by atoms with E-state index in [2.05, 4.69) is 197 Å². The number of thiophene rings is 4. The van der Waals surface area contributed by atoms with Crippen LogP contribution in [0.2, 0.25) is 78.6 Å². The van der Waals surface area contributed by atoms with Gasteiger partial charge in [0.05, 0.1) is 18.1 Å². The summed E-state index contributed by atoms with van der Waals surface area (Å²) in [7, 11) is -6.84. The van der Waals surface area contributed by atoms with Crippen molar-refractivity contribution in [3.8, 4) is 45.9 Å². The molecule has 0 bridgehead atoms. The van der Waals surface area contributed by atoms with Crippen molar-refractivity contribution in [1.29, 1.82) is 0 Å². The third kappa shape index (κ3) is 12.1. The fourth-order valence-corrected chi connectivity index (χ4v) is 14.6. The first kappa shape index (κ1) is 48.9. The molecule has 0 atom stereocenters. The summed E-state index contributed by atoms with van der Waals surface area (Å²) in [4.78, 5) is 5.84. The van der Waals surface area contributed by atoms with Crippen LogP contribution in [0.3, 0.4) is 0 Å². The van der Waals surface area contributed by atoms with Gasteiger partial charge in [0.25, 0.3) is 0 Å². The normalized spacial score (nSPS) is 14.7. The van der Waals surface area contributed by atoms with Gasteiger partial charge in [-0.2, -0.15) is 0 Å². The molecule has 0 spiro atoms. The Bertz CT molecular complexity index is 2480. The molecular formula is C52H72S4Si4. The minimum atomic E-state index is -1.71. The topological polar surface area (TPSA) is 0 Å². The summed E-state index contributed by atoms with van der Waals surface area (Å²) in [5.41, 5.74) is 20.8. The van der Waals surface area contributed by atoms with E-state index in [0.717, 1.165) is 51.4 Å². The highest BCUT2D eigenvalue weighted by molar-refractivity contribution is 7.14. The van der Waals surface area contributed by atoms with Gasteiger partial charge in [0, 0.05) is 62.6 Å². The standard InChI is InChI=1S/C52H72S4Si4/c1-17-21-25-41-37(29-33-57(5,6)7)45-46-38(30-34-58(8,9)10)42(26-22-18-2)55-51(46)52-48(40(32-36-60(14,15)16)44(56-52)28-24-20-4)47-39(31-35-59(11,12)13)43(27-23-19-3)54-50(47)49(45)53-41/h17-28H2,1-16H3/b46-45-,48-47-,50-49-,52-51-. The molecule has 0 aliphatic heterocycles. The first-order valence-corrected chi connectivity index (χ1v) is 40.1. The fourth-order valence-electron chi connectivity index (χ4n) is 7.09. The van der Waals surface area contributed by atoms with Gasteiger partial charge in [-0.3, -0.25) is 0 Å². The van der Waals surface area contributed by atoms with E-state index in [1.54, 1.807) is 0 Å². The monoisotopic (exact) mass is 936 g/mol. The summed E-state index contributed by atoms with van der Waals surface area (Å²) in [5, 5.41) is 5.51. The van der Waals surface area contributed by atoms with Crippen LogP contribution < -0.4 is 0 Å². The molecule has 1 aliphatic carbocycles. The van der Waals surface area contributed by atoms with Crippen LogP contribution in [0.4, 0.5) is 0 Å². The molecule has 8 heteroatoms. The number of unbranched alkanes of at least 4 members (excludes halogenated alkanes) is 4. The maximum atomic E-state index is 4.00. The summed E-state index contributed by atoms with van der Waals surface area (Å²) in [6.45, 7) is 38.0. The molecule has 0 saturated carbocycles. The minimum Gasteiger partial charge on any atom is -0.137 e. The van der Waals surface area contributed by atoms with Crippen molar-refractivity contribution in [3.05, 3.63) is 80.8 Å². The molecule has 0 unspecified atom stereocenters. The third-order valence-corrected chi connectivity index (χ3v) is 18.9. The SMILES string of the molecule is CCCCc1sc2/c(c1C#C[Si](C)(C)C)=c1/c(C#C[Si](C)(C)C)c(CCCC)s/c1=c1\sc(CCCC)c(C#C[Si](C)(C)C)\c1=c1/c(C#C[Si](C)(C)C)c(CCCC)s/c1=2. The van der Waals surface area contributed by atoms with Crippen LogP contribution in [0.5, 0.6) is 0 Å². The largest absolute Gasteiger partial charge is 0.137 e. The smallest absolute Gasteiger partial charge is 0.129 e. The van der Waals surface area contributed by atoms with Gasteiger partial charge in [0.1, 0.15) is 32.3 Å². The van der Waals surface area contributed by atoms with Gasteiger partial charge in [-0.25, -0.2) is 0 Å². The van der Waals surface area contributed by atoms with Gasteiger partial charge in [-0.05, 0) is 51.4 Å². The predicted octanol–water partition coefficient (Wildman–Crippen LogP) is 15.7. The van der Waals surface area contributed by atoms with Crippen LogP contribution in [0.1, 0.15) is 121 Å². The summed E-state index contributed by atoms with van der Waals surface area (Å²) < 4.78 is 5.64. The lowest BCUT2D eigenvalue weighted by molar-refractivity contribution is 0.802. The summed E-state index contributed by atoms with van der Waals surface area (Å²) in [5.74, 6) is 16.0. The third-order valence-electron chi connectivity index (χ3n) is 10.1. The van der Waals surface area contributed by atoms with Crippen molar-refractivity contribution >= 4 is 77.6 Å². The number of hydrogen-bond acceptors (Lipinski definition) is 4. The molecule has 4 heterocycles. The highest BCUT2D eigenvalue weighted by atomic mass is 32.1. The molecule has 0 fully saturated rings. The van der Waals surface area contributed by atoms with Crippen molar-refractivity contribution in [2.45, 2.75) is 183 Å². The van der Waals surface area contributed by atoms with E-state index in [1.165, 1.54) is 106 Å². The van der Waals surface area contributed by atoms with Crippen LogP contribution in [0.25, 0.3) is 0 Å². The highest BCUT2D eigenvalue weighted by Crippen LogP contribution is 2.37. The molecule has 0 radical (unpaired) electrons. The summed E-state index contributed by atoms with van der Waals surface area (Å²) in [6.07, 6.45) is 13.6. The molecule has 0 saturated heterocycles. The fraction of sp³-hybridized carbons (Fsp3) is 0.538. The lowest BCUT2D eigenvalue weighted by Gasteiger charge is -2.05. The second-order valence-corrected chi connectivity index (χ2v) is 44.3. The van der Waals surface area contributed by atoms with Gasteiger partial charge < -0.3 is 0 Å². The van der Waals surface area contributed by atoms with Crippen molar-refractivity contribution in [3.63, 3.8) is 0 Å². The summed E-state index contributed by atoms with van der Waals surface area (Å²) in [6, 6.07) is 0. The molecule has 60 heavy (non-hydrogen) atoms. The molecule has 0 N–H and O–H groups in total. The zero-order chi connectivity index (χ0) is 44.2. The molecule has 0 aromatic carbocycles. The van der Waals surface area contributed by atoms with Crippen molar-refractivity contribution in [2.75, 3.05) is 0 Å². The molecule has 0 nitrogen and oxygen atoms in total. The lowest BCUT2D eigenvalue weighted by atomic mass is 10.0. The van der Waals surface area contributed by atoms with Crippen LogP contribution in [0, 0.1) is 84.9 Å². The lowest BCUT2D eigenvalue weighted by Crippen LogP contribution is -2.16. The zero-order valence-electron chi connectivity index (χ0n) is 40.1. The van der Waals surface area contributed by atoms with Crippen LogP contribution in [-0.4, -0.2) is 32.3 Å². The van der Waals surface area contributed by atoms with E-state index >= 15 is 0 Å². The Morgan fingerprint density at radius 3 is 0.650 bits per heavy atom. The van der Waals surface area contributed by atoms with Gasteiger partial charge in [-0.1, -0.05) is 156 Å². The van der Waals surface area contributed by atoms with Crippen LogP contribution in [0.15, 0.2) is 0 Å². The van der Waals surface area contributed by atoms with Crippen molar-refractivity contribution < 1.29 is 0 Å². The Kier molecular flexibility index (Phi) is 16.4. The van der Waals surface area contributed by atoms with E-state index in [4.69, 9.17) is 0 Å². The number of rotatable bonds is 12. The first-order chi connectivity index (χ1) is 28.1. The highest BCUT2D eigenvalue weighted by Gasteiger charge is 2.23. The minimum absolute atomic E-state index is 1.06. The second-order valence-electron chi connectivity index (χ2n) is 20.8. The first-order valence-electron chi connectivity index (χ1n) is 22.9. The van der Waals surface area contributed by atoms with Gasteiger partial charge in [0.2, 0.25) is 0 Å². The van der Waals surface area contributed by atoms with E-state index in [0.29, 0.717) is 0 Å². The molecule has 4 aromatic rings. The Morgan fingerprint density at radius 1 is 0.317 bits per heavy atom. The summed E-state index contributed by atoms with van der Waals surface area (Å²) >= 11 is 8.21. The van der Waals surface area contributed by atoms with E-state index in [-0.39, 0.29) is 0 Å². The predicted molar refractivity (Wildman–Crippen MR) is 283 cm³/mol. The zero-order valence-corrected chi connectivity index (χ0v) is 47.4. The van der Waals surface area contributed by atoms with Crippen molar-refractivity contribution in [1.82, 2.24) is 0 Å². The van der Waals surface area contributed by atoms with Gasteiger partial charge in [-0.15, -0.1) is 67.5 Å². The maximum Gasteiger partial charge on any atom is 0.129 e. The number of fused-ring (bicyclic) bond motifs is 4. The van der Waals surface area contributed by atoms with E-state index in [9.17, 15) is 0 Å². The molecule has 320 valence electrons. The van der Waals surface area contributed by atoms with E-state index in [1.807, 2.05) is 0 Å². The molecule has 1 aliphatic rings. The number of hydrogen-bond donors (Lipinski definition) is 0. The molecular weight excluding hydrogens is 865 g/mol. The Labute approximate surface area is 384 Å². The average molecular weight is 938 g/mol. The van der Waals surface area contributed by atoms with Gasteiger partial charge >= 0.3 is 0 Å². The molecule has 4 aromatic heterocycles. The van der Waals surface area contributed by atoms with Gasteiger partial charge in [0.15, 0.2) is 0 Å². The van der Waals surface area contributed by atoms with Crippen LogP contribution >= 0.6 is 45.3 Å². The average Bonchev–Trinajstić information content (AvgIpc) is 3.88.